The first-order valence-electron chi connectivity index (χ1n) is 9.36. The lowest BCUT2D eigenvalue weighted by Crippen LogP contribution is -2.32. The van der Waals surface area contributed by atoms with Gasteiger partial charge >= 0.3 is 17.9 Å². The summed E-state index contributed by atoms with van der Waals surface area (Å²) in [5.74, 6) is -3.00. The van der Waals surface area contributed by atoms with Gasteiger partial charge in [-0.1, -0.05) is 6.07 Å². The minimum atomic E-state index is -1.20. The molecule has 3 aromatic rings. The maximum atomic E-state index is 12.5. The van der Waals surface area contributed by atoms with Crippen LogP contribution in [0.1, 0.15) is 26.3 Å². The number of phenols is 2. The highest BCUT2D eigenvalue weighted by atomic mass is 16.6. The number of carboxylic acids is 1. The Kier molecular flexibility index (Phi) is 6.71. The van der Waals surface area contributed by atoms with Gasteiger partial charge in [-0.05, 0) is 72.6 Å². The largest absolute Gasteiger partial charge is 0.508 e. The lowest BCUT2D eigenvalue weighted by molar-refractivity contribution is -0.138. The van der Waals surface area contributed by atoms with Crippen molar-refractivity contribution in [3.05, 3.63) is 83.4 Å². The van der Waals surface area contributed by atoms with Crippen molar-refractivity contribution in [2.45, 2.75) is 12.5 Å². The molecule has 0 heterocycles. The van der Waals surface area contributed by atoms with Crippen LogP contribution in [0.15, 0.2) is 66.7 Å². The molecule has 32 heavy (non-hydrogen) atoms. The Morgan fingerprint density at radius 3 is 1.69 bits per heavy atom. The van der Waals surface area contributed by atoms with E-state index >= 15 is 0 Å². The van der Waals surface area contributed by atoms with E-state index in [-0.39, 0.29) is 40.5 Å². The van der Waals surface area contributed by atoms with Crippen LogP contribution in [0, 0.1) is 0 Å². The van der Waals surface area contributed by atoms with E-state index in [1.54, 1.807) is 0 Å². The van der Waals surface area contributed by atoms with Crippen LogP contribution in [0.2, 0.25) is 0 Å². The molecule has 9 nitrogen and oxygen atoms in total. The number of ether oxygens (including phenoxy) is 2. The molecule has 0 spiro atoms. The Hall–Kier alpha value is -4.37. The van der Waals surface area contributed by atoms with E-state index in [0.717, 1.165) is 0 Å². The molecule has 1 unspecified atom stereocenters. The van der Waals surface area contributed by atoms with Crippen molar-refractivity contribution >= 4 is 17.9 Å². The fraction of sp³-hybridized carbons (Fsp3) is 0.0870. The summed E-state index contributed by atoms with van der Waals surface area (Å²) in [6, 6.07) is 13.7. The summed E-state index contributed by atoms with van der Waals surface area (Å²) < 4.78 is 10.7. The molecule has 164 valence electrons. The standard InChI is InChI=1S/C23H19NO8/c24-18(21(27)28)11-13-1-10-19(31-22(29)14-2-6-16(25)7-3-14)20(12-13)32-23(30)15-4-8-17(26)9-5-15/h1-10,12,18,25-26H,11,24H2,(H,27,28). The molecule has 5 N–H and O–H groups in total. The van der Waals surface area contributed by atoms with Crippen LogP contribution < -0.4 is 15.2 Å². The van der Waals surface area contributed by atoms with Crippen molar-refractivity contribution in [2.75, 3.05) is 0 Å². The summed E-state index contributed by atoms with van der Waals surface area (Å²) in [5.41, 5.74) is 6.30. The molecule has 0 saturated carbocycles. The summed E-state index contributed by atoms with van der Waals surface area (Å²) >= 11 is 0. The van der Waals surface area contributed by atoms with Crippen LogP contribution in [-0.2, 0) is 11.2 Å². The highest BCUT2D eigenvalue weighted by molar-refractivity contribution is 5.93. The van der Waals surface area contributed by atoms with Crippen LogP contribution in [0.5, 0.6) is 23.0 Å². The number of hydrogen-bond donors (Lipinski definition) is 4. The lowest BCUT2D eigenvalue weighted by Gasteiger charge is -2.13. The molecule has 0 aliphatic rings. The molecular weight excluding hydrogens is 418 g/mol. The molecule has 0 radical (unpaired) electrons. The fourth-order valence-electron chi connectivity index (χ4n) is 2.70. The lowest BCUT2D eigenvalue weighted by atomic mass is 10.1. The molecule has 0 saturated heterocycles. The van der Waals surface area contributed by atoms with Crippen molar-refractivity contribution in [3.63, 3.8) is 0 Å². The summed E-state index contributed by atoms with van der Waals surface area (Å²) in [5, 5.41) is 27.8. The quantitative estimate of drug-likeness (QED) is 0.322. The van der Waals surface area contributed by atoms with Gasteiger partial charge in [-0.15, -0.1) is 0 Å². The average Bonchev–Trinajstić information content (AvgIpc) is 2.76. The Morgan fingerprint density at radius 2 is 1.22 bits per heavy atom. The van der Waals surface area contributed by atoms with Crippen LogP contribution >= 0.6 is 0 Å². The predicted octanol–water partition coefficient (Wildman–Crippen LogP) is 2.49. The van der Waals surface area contributed by atoms with Crippen molar-refractivity contribution in [2.24, 2.45) is 5.73 Å². The smallest absolute Gasteiger partial charge is 0.343 e. The topological polar surface area (TPSA) is 156 Å². The van der Waals surface area contributed by atoms with E-state index < -0.39 is 23.9 Å². The van der Waals surface area contributed by atoms with Gasteiger partial charge in [0.25, 0.3) is 0 Å². The number of hydrogen-bond acceptors (Lipinski definition) is 8. The first-order valence-corrected chi connectivity index (χ1v) is 9.36. The molecule has 0 aliphatic carbocycles. The number of nitrogens with two attached hydrogens (primary N) is 1. The third-order valence-corrected chi connectivity index (χ3v) is 4.39. The van der Waals surface area contributed by atoms with E-state index in [0.29, 0.717) is 5.56 Å². The summed E-state index contributed by atoms with van der Waals surface area (Å²) in [4.78, 5) is 36.0. The summed E-state index contributed by atoms with van der Waals surface area (Å²) in [6.07, 6.45) is -0.0503. The first kappa shape index (κ1) is 22.3. The number of aromatic hydroxyl groups is 2. The molecule has 0 amide bonds. The van der Waals surface area contributed by atoms with E-state index in [2.05, 4.69) is 0 Å². The SMILES string of the molecule is NC(Cc1ccc(OC(=O)c2ccc(O)cc2)c(OC(=O)c2ccc(O)cc2)c1)C(=O)O. The van der Waals surface area contributed by atoms with E-state index in [1.807, 2.05) is 0 Å². The molecule has 0 bridgehead atoms. The highest BCUT2D eigenvalue weighted by Gasteiger charge is 2.19. The van der Waals surface area contributed by atoms with Crippen LogP contribution in [-0.4, -0.2) is 39.3 Å². The highest BCUT2D eigenvalue weighted by Crippen LogP contribution is 2.31. The van der Waals surface area contributed by atoms with Crippen LogP contribution in [0.3, 0.4) is 0 Å². The Balaban J connectivity index is 1.89. The van der Waals surface area contributed by atoms with E-state index in [4.69, 9.17) is 20.3 Å². The second-order valence-electron chi connectivity index (χ2n) is 6.80. The van der Waals surface area contributed by atoms with Crippen LogP contribution in [0.4, 0.5) is 0 Å². The first-order chi connectivity index (χ1) is 15.2. The molecule has 0 aliphatic heterocycles. The zero-order valence-corrected chi connectivity index (χ0v) is 16.6. The molecule has 3 aromatic carbocycles. The fourth-order valence-corrected chi connectivity index (χ4v) is 2.70. The zero-order chi connectivity index (χ0) is 23.3. The van der Waals surface area contributed by atoms with Gasteiger partial charge in [-0.3, -0.25) is 4.79 Å². The third kappa shape index (κ3) is 5.61. The number of carboxylic acid groups (broad SMARTS) is 1. The van der Waals surface area contributed by atoms with Gasteiger partial charge in [0.05, 0.1) is 11.1 Å². The second-order valence-corrected chi connectivity index (χ2v) is 6.80. The van der Waals surface area contributed by atoms with Gasteiger partial charge in [0, 0.05) is 0 Å². The normalized spacial score (nSPS) is 11.4. The van der Waals surface area contributed by atoms with E-state index in [9.17, 15) is 24.6 Å². The maximum Gasteiger partial charge on any atom is 0.343 e. The molecule has 9 heteroatoms. The maximum absolute atomic E-state index is 12.5. The second kappa shape index (κ2) is 9.63. The molecule has 0 aromatic heterocycles. The molecular formula is C23H19NO8. The minimum absolute atomic E-state index is 0.0239. The van der Waals surface area contributed by atoms with Gasteiger partial charge in [0.2, 0.25) is 0 Å². The van der Waals surface area contributed by atoms with Gasteiger partial charge in [0.1, 0.15) is 17.5 Å². The number of rotatable bonds is 7. The number of carbonyl (C=O) groups excluding carboxylic acids is 2. The van der Waals surface area contributed by atoms with Crippen molar-refractivity contribution in [3.8, 4) is 23.0 Å². The number of phenolic OH excluding ortho intramolecular Hbond substituents is 2. The van der Waals surface area contributed by atoms with Crippen molar-refractivity contribution in [1.29, 1.82) is 0 Å². The number of carbonyl (C=O) groups is 3. The van der Waals surface area contributed by atoms with Gasteiger partial charge < -0.3 is 30.5 Å². The third-order valence-electron chi connectivity index (χ3n) is 4.39. The van der Waals surface area contributed by atoms with Crippen molar-refractivity contribution < 1.29 is 39.2 Å². The zero-order valence-electron chi connectivity index (χ0n) is 16.6. The van der Waals surface area contributed by atoms with Crippen LogP contribution in [0.25, 0.3) is 0 Å². The Morgan fingerprint density at radius 1 is 0.750 bits per heavy atom. The van der Waals surface area contributed by atoms with E-state index in [1.165, 1.54) is 66.7 Å². The number of esters is 2. The monoisotopic (exact) mass is 437 g/mol. The van der Waals surface area contributed by atoms with Gasteiger partial charge in [0.15, 0.2) is 11.5 Å². The van der Waals surface area contributed by atoms with Crippen molar-refractivity contribution in [1.82, 2.24) is 0 Å². The van der Waals surface area contributed by atoms with Gasteiger partial charge in [-0.2, -0.15) is 0 Å². The number of benzene rings is 3. The minimum Gasteiger partial charge on any atom is -0.508 e. The predicted molar refractivity (Wildman–Crippen MR) is 112 cm³/mol. The Bertz CT molecular complexity index is 1140. The van der Waals surface area contributed by atoms with Gasteiger partial charge in [-0.25, -0.2) is 9.59 Å². The molecule has 1 atom stereocenters. The number of aliphatic carboxylic acids is 1. The summed E-state index contributed by atoms with van der Waals surface area (Å²) in [6.45, 7) is 0. The molecule has 0 fully saturated rings. The average molecular weight is 437 g/mol. The Labute approximate surface area is 182 Å². The summed E-state index contributed by atoms with van der Waals surface area (Å²) in [7, 11) is 0. The molecule has 3 rings (SSSR count).